The van der Waals surface area contributed by atoms with Gasteiger partial charge >= 0.3 is 0 Å². The summed E-state index contributed by atoms with van der Waals surface area (Å²) < 4.78 is 2.44. The van der Waals surface area contributed by atoms with Crippen molar-refractivity contribution in [2.45, 2.75) is 46.2 Å². The predicted molar refractivity (Wildman–Crippen MR) is 81.0 cm³/mol. The van der Waals surface area contributed by atoms with E-state index in [4.69, 9.17) is 5.73 Å². The number of rotatable bonds is 4. The topological polar surface area (TPSA) is 30.9 Å². The van der Waals surface area contributed by atoms with Crippen LogP contribution in [0.25, 0.3) is 0 Å². The molecular weight excluding hydrogens is 240 g/mol. The molecule has 1 aromatic heterocycles. The number of nitrogens with two attached hydrogens (primary N) is 1. The molecule has 0 radical (unpaired) electrons. The van der Waals surface area contributed by atoms with E-state index < -0.39 is 0 Å². The van der Waals surface area contributed by atoms with Crippen molar-refractivity contribution in [2.24, 2.45) is 17.1 Å². The van der Waals surface area contributed by atoms with Gasteiger partial charge in [-0.05, 0) is 47.8 Å². The van der Waals surface area contributed by atoms with Crippen LogP contribution in [0.15, 0.2) is 12.3 Å². The van der Waals surface area contributed by atoms with E-state index in [1.807, 2.05) is 11.8 Å². The van der Waals surface area contributed by atoms with E-state index in [0.717, 1.165) is 25.3 Å². The molecule has 3 heteroatoms. The van der Waals surface area contributed by atoms with Gasteiger partial charge in [0.2, 0.25) is 0 Å². The molecule has 0 fully saturated rings. The summed E-state index contributed by atoms with van der Waals surface area (Å²) in [5.74, 6) is 1.94. The summed E-state index contributed by atoms with van der Waals surface area (Å²) in [5, 5.41) is 0. The number of thioether (sulfide) groups is 1. The van der Waals surface area contributed by atoms with Gasteiger partial charge < -0.3 is 10.3 Å². The van der Waals surface area contributed by atoms with E-state index in [2.05, 4.69) is 43.9 Å². The highest BCUT2D eigenvalue weighted by Crippen LogP contribution is 2.40. The van der Waals surface area contributed by atoms with Crippen molar-refractivity contribution in [3.05, 3.63) is 23.5 Å². The molecular formula is C15H26N2S. The molecule has 18 heavy (non-hydrogen) atoms. The van der Waals surface area contributed by atoms with Crippen molar-refractivity contribution in [1.29, 1.82) is 0 Å². The Bertz CT molecular complexity index is 409. The summed E-state index contributed by atoms with van der Waals surface area (Å²) >= 11 is 1.93. The Morgan fingerprint density at radius 1 is 1.56 bits per heavy atom. The molecule has 2 rings (SSSR count). The van der Waals surface area contributed by atoms with Crippen LogP contribution in [0, 0.1) is 11.3 Å². The normalized spacial score (nSPS) is 23.7. The molecule has 2 nitrogen and oxygen atoms in total. The lowest BCUT2D eigenvalue weighted by Crippen LogP contribution is -2.30. The second kappa shape index (κ2) is 5.30. The summed E-state index contributed by atoms with van der Waals surface area (Å²) in [6.45, 7) is 8.12. The second-order valence-electron chi connectivity index (χ2n) is 6.58. The Morgan fingerprint density at radius 3 is 2.94 bits per heavy atom. The van der Waals surface area contributed by atoms with Crippen LogP contribution in [0.3, 0.4) is 0 Å². The lowest BCUT2D eigenvalue weighted by atomic mass is 9.74. The number of hydrogen-bond acceptors (Lipinski definition) is 2. The molecule has 0 spiro atoms. The van der Waals surface area contributed by atoms with Crippen LogP contribution >= 0.6 is 11.8 Å². The minimum absolute atomic E-state index is 0.223. The van der Waals surface area contributed by atoms with Gasteiger partial charge in [0, 0.05) is 24.5 Å². The minimum Gasteiger partial charge on any atom is -0.351 e. The molecule has 1 heterocycles. The quantitative estimate of drug-likeness (QED) is 0.905. The SMILES string of the molecule is CSCC(C)Cn1ccc2c1CC(C)(C)CC2N. The van der Waals surface area contributed by atoms with Gasteiger partial charge in [0.05, 0.1) is 0 Å². The number of fused-ring (bicyclic) bond motifs is 1. The molecule has 0 saturated heterocycles. The molecule has 1 aliphatic rings. The van der Waals surface area contributed by atoms with Gasteiger partial charge in [-0.3, -0.25) is 0 Å². The summed E-state index contributed by atoms with van der Waals surface area (Å²) in [4.78, 5) is 0. The van der Waals surface area contributed by atoms with Crippen molar-refractivity contribution in [2.75, 3.05) is 12.0 Å². The molecule has 0 amide bonds. The smallest absolute Gasteiger partial charge is 0.0318 e. The van der Waals surface area contributed by atoms with Crippen LogP contribution in [-0.4, -0.2) is 16.6 Å². The Morgan fingerprint density at radius 2 is 2.28 bits per heavy atom. The Hall–Kier alpha value is -0.410. The van der Waals surface area contributed by atoms with E-state index in [9.17, 15) is 0 Å². The number of nitrogens with zero attached hydrogens (tertiary/aromatic N) is 1. The average molecular weight is 266 g/mol. The van der Waals surface area contributed by atoms with Gasteiger partial charge in [0.1, 0.15) is 0 Å². The molecule has 2 unspecified atom stereocenters. The molecule has 0 bridgehead atoms. The summed E-state index contributed by atoms with van der Waals surface area (Å²) in [6.07, 6.45) is 6.68. The number of aromatic nitrogens is 1. The fourth-order valence-electron chi connectivity index (χ4n) is 3.14. The molecule has 0 saturated carbocycles. The van der Waals surface area contributed by atoms with Crippen molar-refractivity contribution in [3.8, 4) is 0 Å². The van der Waals surface area contributed by atoms with Crippen molar-refractivity contribution < 1.29 is 0 Å². The monoisotopic (exact) mass is 266 g/mol. The molecule has 0 aromatic carbocycles. The first-order valence-electron chi connectivity index (χ1n) is 6.85. The lowest BCUT2D eigenvalue weighted by molar-refractivity contribution is 0.273. The van der Waals surface area contributed by atoms with Crippen LogP contribution in [-0.2, 0) is 13.0 Å². The summed E-state index contributed by atoms with van der Waals surface area (Å²) in [7, 11) is 0. The van der Waals surface area contributed by atoms with Gasteiger partial charge in [0.15, 0.2) is 0 Å². The predicted octanol–water partition coefficient (Wildman–Crippen LogP) is 3.46. The van der Waals surface area contributed by atoms with Crippen LogP contribution in [0.2, 0.25) is 0 Å². The molecule has 1 aromatic rings. The zero-order valence-corrected chi connectivity index (χ0v) is 12.9. The molecule has 1 aliphatic carbocycles. The Labute approximate surface area is 115 Å². The minimum atomic E-state index is 0.223. The Kier molecular flexibility index (Phi) is 4.12. The fraction of sp³-hybridized carbons (Fsp3) is 0.733. The van der Waals surface area contributed by atoms with E-state index in [0.29, 0.717) is 5.41 Å². The molecule has 2 atom stereocenters. The van der Waals surface area contributed by atoms with Crippen LogP contribution in [0.5, 0.6) is 0 Å². The molecule has 102 valence electrons. The maximum absolute atomic E-state index is 6.31. The molecule has 2 N–H and O–H groups in total. The third-order valence-corrected chi connectivity index (χ3v) is 4.79. The van der Waals surface area contributed by atoms with Gasteiger partial charge in [0.25, 0.3) is 0 Å². The van der Waals surface area contributed by atoms with Crippen LogP contribution in [0.1, 0.15) is 44.5 Å². The van der Waals surface area contributed by atoms with E-state index >= 15 is 0 Å². The first-order chi connectivity index (χ1) is 8.43. The van der Waals surface area contributed by atoms with Crippen LogP contribution < -0.4 is 5.73 Å². The van der Waals surface area contributed by atoms with Crippen molar-refractivity contribution in [1.82, 2.24) is 4.57 Å². The summed E-state index contributed by atoms with van der Waals surface area (Å²) in [5.41, 5.74) is 9.50. The highest BCUT2D eigenvalue weighted by atomic mass is 32.2. The van der Waals surface area contributed by atoms with Gasteiger partial charge in [-0.15, -0.1) is 0 Å². The third kappa shape index (κ3) is 2.94. The first-order valence-corrected chi connectivity index (χ1v) is 8.25. The number of hydrogen-bond donors (Lipinski definition) is 1. The zero-order valence-electron chi connectivity index (χ0n) is 12.1. The second-order valence-corrected chi connectivity index (χ2v) is 7.49. The zero-order chi connectivity index (χ0) is 13.3. The molecule has 0 aliphatic heterocycles. The largest absolute Gasteiger partial charge is 0.351 e. The first kappa shape index (κ1) is 14.0. The maximum Gasteiger partial charge on any atom is 0.0318 e. The highest BCUT2D eigenvalue weighted by molar-refractivity contribution is 7.98. The fourth-order valence-corrected chi connectivity index (χ4v) is 3.81. The van der Waals surface area contributed by atoms with Crippen molar-refractivity contribution >= 4 is 11.8 Å². The standard InChI is InChI=1S/C15H26N2S/c1-11(10-18-4)9-17-6-5-12-13(16)7-15(2,3)8-14(12)17/h5-6,11,13H,7-10,16H2,1-4H3. The maximum atomic E-state index is 6.31. The van der Waals surface area contributed by atoms with E-state index in [1.54, 1.807) is 0 Å². The van der Waals surface area contributed by atoms with Gasteiger partial charge in [-0.1, -0.05) is 20.8 Å². The van der Waals surface area contributed by atoms with Crippen LogP contribution in [0.4, 0.5) is 0 Å². The van der Waals surface area contributed by atoms with E-state index in [1.165, 1.54) is 17.0 Å². The Balaban J connectivity index is 2.20. The third-order valence-electron chi connectivity index (χ3n) is 3.89. The van der Waals surface area contributed by atoms with Crippen molar-refractivity contribution in [3.63, 3.8) is 0 Å². The summed E-state index contributed by atoms with van der Waals surface area (Å²) in [6, 6.07) is 2.46. The van der Waals surface area contributed by atoms with Gasteiger partial charge in [-0.25, -0.2) is 0 Å². The lowest BCUT2D eigenvalue weighted by Gasteiger charge is -2.34. The van der Waals surface area contributed by atoms with E-state index in [-0.39, 0.29) is 6.04 Å². The average Bonchev–Trinajstić information content (AvgIpc) is 2.60. The van der Waals surface area contributed by atoms with Gasteiger partial charge in [-0.2, -0.15) is 11.8 Å². The highest BCUT2D eigenvalue weighted by Gasteiger charge is 2.32.